The fourth-order valence-electron chi connectivity index (χ4n) is 1.56. The molecule has 1 heterocycles. The van der Waals surface area contributed by atoms with Gasteiger partial charge in [-0.1, -0.05) is 5.16 Å². The quantitative estimate of drug-likeness (QED) is 0.642. The number of nitro groups is 1. The molecule has 0 bridgehead atoms. The van der Waals surface area contributed by atoms with Crippen molar-refractivity contribution in [1.29, 1.82) is 0 Å². The zero-order chi connectivity index (χ0) is 13.8. The van der Waals surface area contributed by atoms with Gasteiger partial charge in [0.25, 0.3) is 11.6 Å². The first-order valence-corrected chi connectivity index (χ1v) is 5.45. The van der Waals surface area contributed by atoms with E-state index in [-0.39, 0.29) is 11.6 Å². The number of nitro benzene ring substituents is 1. The summed E-state index contributed by atoms with van der Waals surface area (Å²) >= 11 is 0. The van der Waals surface area contributed by atoms with Gasteiger partial charge in [-0.2, -0.15) is 4.98 Å². The molecule has 1 aromatic heterocycles. The van der Waals surface area contributed by atoms with Gasteiger partial charge in [-0.25, -0.2) is 0 Å². The summed E-state index contributed by atoms with van der Waals surface area (Å²) in [6, 6.07) is 4.20. The van der Waals surface area contributed by atoms with Crippen LogP contribution in [-0.4, -0.2) is 29.2 Å². The molecule has 0 aliphatic rings. The smallest absolute Gasteiger partial charge is 0.273 e. The summed E-state index contributed by atoms with van der Waals surface area (Å²) in [4.78, 5) is 14.4. The van der Waals surface area contributed by atoms with Gasteiger partial charge in [0.2, 0.25) is 0 Å². The predicted octanol–water partition coefficient (Wildman–Crippen LogP) is 1.37. The van der Waals surface area contributed by atoms with E-state index in [1.165, 1.54) is 25.3 Å². The Bertz CT molecular complexity index is 596. The van der Waals surface area contributed by atoms with E-state index in [0.717, 1.165) is 0 Å². The van der Waals surface area contributed by atoms with Gasteiger partial charge in [0, 0.05) is 6.07 Å². The van der Waals surface area contributed by atoms with Gasteiger partial charge < -0.3 is 14.6 Å². The molecular formula is C11H12N4O4. The maximum atomic E-state index is 10.7. The van der Waals surface area contributed by atoms with Crippen LogP contribution in [0.1, 0.15) is 5.82 Å². The zero-order valence-electron chi connectivity index (χ0n) is 10.4. The second-order valence-corrected chi connectivity index (χ2v) is 3.69. The summed E-state index contributed by atoms with van der Waals surface area (Å²) in [6.45, 7) is 0.471. The summed E-state index contributed by atoms with van der Waals surface area (Å²) in [5.41, 5.74) is 0.457. The average Bonchev–Trinajstić information content (AvgIpc) is 2.86. The standard InChI is InChI=1S/C11H12N4O4/c1-12-6-10-13-11(19-14-10)8-4-3-7(15(16)17)5-9(8)18-2/h3-5,12H,6H2,1-2H3. The molecule has 0 fully saturated rings. The molecule has 0 saturated heterocycles. The minimum Gasteiger partial charge on any atom is -0.496 e. The third-order valence-electron chi connectivity index (χ3n) is 2.43. The van der Waals surface area contributed by atoms with Crippen LogP contribution in [0.3, 0.4) is 0 Å². The Morgan fingerprint density at radius 3 is 2.95 bits per heavy atom. The maximum absolute atomic E-state index is 10.7. The summed E-state index contributed by atoms with van der Waals surface area (Å²) in [6.07, 6.45) is 0. The molecule has 100 valence electrons. The van der Waals surface area contributed by atoms with Crippen LogP contribution in [0.2, 0.25) is 0 Å². The Labute approximate surface area is 108 Å². The van der Waals surface area contributed by atoms with E-state index in [4.69, 9.17) is 9.26 Å². The number of hydrogen-bond acceptors (Lipinski definition) is 7. The highest BCUT2D eigenvalue weighted by atomic mass is 16.6. The van der Waals surface area contributed by atoms with Gasteiger partial charge in [-0.15, -0.1) is 0 Å². The number of rotatable bonds is 5. The summed E-state index contributed by atoms with van der Waals surface area (Å²) in [7, 11) is 3.19. The SMILES string of the molecule is CNCc1noc(-c2ccc([N+](=O)[O-])cc2OC)n1. The lowest BCUT2D eigenvalue weighted by Crippen LogP contribution is -2.06. The molecule has 0 saturated carbocycles. The minimum absolute atomic E-state index is 0.0597. The molecule has 0 aliphatic carbocycles. The second kappa shape index (κ2) is 5.44. The minimum atomic E-state index is -0.494. The summed E-state index contributed by atoms with van der Waals surface area (Å²) in [5.74, 6) is 1.07. The first-order valence-electron chi connectivity index (χ1n) is 5.45. The number of benzene rings is 1. The molecule has 0 spiro atoms. The molecule has 8 heteroatoms. The molecule has 0 amide bonds. The number of aromatic nitrogens is 2. The van der Waals surface area contributed by atoms with Crippen LogP contribution in [0.25, 0.3) is 11.5 Å². The third-order valence-corrected chi connectivity index (χ3v) is 2.43. The van der Waals surface area contributed by atoms with Crippen LogP contribution in [0, 0.1) is 10.1 Å². The van der Waals surface area contributed by atoms with E-state index in [0.29, 0.717) is 23.7 Å². The van der Waals surface area contributed by atoms with Gasteiger partial charge in [-0.3, -0.25) is 10.1 Å². The largest absolute Gasteiger partial charge is 0.496 e. The lowest BCUT2D eigenvalue weighted by atomic mass is 10.2. The van der Waals surface area contributed by atoms with Crippen molar-refractivity contribution in [1.82, 2.24) is 15.5 Å². The van der Waals surface area contributed by atoms with Gasteiger partial charge >= 0.3 is 0 Å². The number of nitrogens with zero attached hydrogens (tertiary/aromatic N) is 3. The van der Waals surface area contributed by atoms with Gasteiger partial charge in [0.1, 0.15) is 5.75 Å². The number of nitrogens with one attached hydrogen (secondary N) is 1. The van der Waals surface area contributed by atoms with E-state index in [2.05, 4.69) is 15.5 Å². The fourth-order valence-corrected chi connectivity index (χ4v) is 1.56. The van der Waals surface area contributed by atoms with Crippen molar-refractivity contribution in [2.75, 3.05) is 14.2 Å². The van der Waals surface area contributed by atoms with E-state index in [1.54, 1.807) is 7.05 Å². The average molecular weight is 264 g/mol. The lowest BCUT2D eigenvalue weighted by Gasteiger charge is -2.03. The monoisotopic (exact) mass is 264 g/mol. The predicted molar refractivity (Wildman–Crippen MR) is 65.7 cm³/mol. The molecular weight excluding hydrogens is 252 g/mol. The second-order valence-electron chi connectivity index (χ2n) is 3.69. The fraction of sp³-hybridized carbons (Fsp3) is 0.273. The number of methoxy groups -OCH3 is 1. The molecule has 2 aromatic rings. The molecule has 19 heavy (non-hydrogen) atoms. The van der Waals surface area contributed by atoms with Crippen LogP contribution in [0.4, 0.5) is 5.69 Å². The molecule has 2 rings (SSSR count). The first-order chi connectivity index (χ1) is 9.15. The van der Waals surface area contributed by atoms with Crippen LogP contribution < -0.4 is 10.1 Å². The maximum Gasteiger partial charge on any atom is 0.273 e. The van der Waals surface area contributed by atoms with E-state index < -0.39 is 4.92 Å². The van der Waals surface area contributed by atoms with E-state index in [1.807, 2.05) is 0 Å². The van der Waals surface area contributed by atoms with Crippen molar-refractivity contribution in [3.8, 4) is 17.2 Å². The Balaban J connectivity index is 2.40. The van der Waals surface area contributed by atoms with E-state index >= 15 is 0 Å². The Hall–Kier alpha value is -2.48. The van der Waals surface area contributed by atoms with Crippen molar-refractivity contribution < 1.29 is 14.2 Å². The third kappa shape index (κ3) is 2.68. The molecule has 1 aromatic carbocycles. The van der Waals surface area contributed by atoms with Gasteiger partial charge in [0.05, 0.1) is 30.2 Å². The highest BCUT2D eigenvalue weighted by Crippen LogP contribution is 2.32. The van der Waals surface area contributed by atoms with Crippen LogP contribution in [-0.2, 0) is 6.54 Å². The summed E-state index contributed by atoms with van der Waals surface area (Å²) in [5, 5.41) is 17.4. The van der Waals surface area contributed by atoms with E-state index in [9.17, 15) is 10.1 Å². The van der Waals surface area contributed by atoms with Crippen LogP contribution in [0.5, 0.6) is 5.75 Å². The molecule has 0 unspecified atom stereocenters. The highest BCUT2D eigenvalue weighted by Gasteiger charge is 2.17. The van der Waals surface area contributed by atoms with Gasteiger partial charge in [-0.05, 0) is 13.1 Å². The molecule has 0 atom stereocenters. The van der Waals surface area contributed by atoms with Crippen molar-refractivity contribution in [2.45, 2.75) is 6.54 Å². The van der Waals surface area contributed by atoms with Crippen molar-refractivity contribution in [3.05, 3.63) is 34.1 Å². The Morgan fingerprint density at radius 2 is 2.32 bits per heavy atom. The van der Waals surface area contributed by atoms with Crippen molar-refractivity contribution in [3.63, 3.8) is 0 Å². The number of hydrogen-bond donors (Lipinski definition) is 1. The molecule has 0 radical (unpaired) electrons. The van der Waals surface area contributed by atoms with Crippen molar-refractivity contribution >= 4 is 5.69 Å². The lowest BCUT2D eigenvalue weighted by molar-refractivity contribution is -0.384. The zero-order valence-corrected chi connectivity index (χ0v) is 10.4. The van der Waals surface area contributed by atoms with Gasteiger partial charge in [0.15, 0.2) is 5.82 Å². The summed E-state index contributed by atoms with van der Waals surface area (Å²) < 4.78 is 10.2. The molecule has 0 aliphatic heterocycles. The van der Waals surface area contributed by atoms with Crippen molar-refractivity contribution in [2.24, 2.45) is 0 Å². The highest BCUT2D eigenvalue weighted by molar-refractivity contribution is 5.65. The normalized spacial score (nSPS) is 10.4. The molecule has 1 N–H and O–H groups in total. The molecule has 8 nitrogen and oxygen atoms in total. The Kier molecular flexibility index (Phi) is 3.71. The first kappa shape index (κ1) is 13.0. The number of non-ortho nitro benzene ring substituents is 1. The van der Waals surface area contributed by atoms with Crippen LogP contribution in [0.15, 0.2) is 22.7 Å². The number of ether oxygens (including phenoxy) is 1. The van der Waals surface area contributed by atoms with Crippen LogP contribution >= 0.6 is 0 Å². The topological polar surface area (TPSA) is 103 Å². The Morgan fingerprint density at radius 1 is 1.53 bits per heavy atom.